The van der Waals surface area contributed by atoms with Crippen LogP contribution in [0.4, 0.5) is 0 Å². The third kappa shape index (κ3) is 4.35. The number of rotatable bonds is 0. The third-order valence-electron chi connectivity index (χ3n) is 15.7. The Labute approximate surface area is 283 Å². The Balaban J connectivity index is 0.000000145. The molecule has 12 atom stereocenters. The molecule has 0 N–H and O–H groups in total. The predicted molar refractivity (Wildman–Crippen MR) is 178 cm³/mol. The van der Waals surface area contributed by atoms with Crippen LogP contribution < -0.4 is 0 Å². The van der Waals surface area contributed by atoms with Gasteiger partial charge in [-0.3, -0.25) is 19.2 Å². The number of alkyl halides is 2. The van der Waals surface area contributed by atoms with E-state index in [1.165, 1.54) is 5.57 Å². The Bertz CT molecular complexity index is 1420. The van der Waals surface area contributed by atoms with E-state index in [-0.39, 0.29) is 33.2 Å². The van der Waals surface area contributed by atoms with Gasteiger partial charge in [0.15, 0.2) is 17.3 Å². The summed E-state index contributed by atoms with van der Waals surface area (Å²) in [7, 11) is 0. The van der Waals surface area contributed by atoms with Crippen LogP contribution in [0.2, 0.25) is 0 Å². The molecule has 8 aliphatic rings. The van der Waals surface area contributed by atoms with Crippen LogP contribution in [-0.4, -0.2) is 33.4 Å². The summed E-state index contributed by atoms with van der Waals surface area (Å²) in [5, 5.41) is -0.0269. The van der Waals surface area contributed by atoms with E-state index in [1.54, 1.807) is 6.08 Å². The zero-order valence-corrected chi connectivity index (χ0v) is 29.6. The van der Waals surface area contributed by atoms with Gasteiger partial charge in [-0.05, 0) is 129 Å². The second-order valence-corrected chi connectivity index (χ2v) is 18.6. The lowest BCUT2D eigenvalue weighted by molar-refractivity contribution is -0.138. The van der Waals surface area contributed by atoms with Crippen molar-refractivity contribution in [1.29, 1.82) is 0 Å². The first-order valence-electron chi connectivity index (χ1n) is 17.7. The molecule has 7 heteroatoms. The Morgan fingerprint density at radius 2 is 1.38 bits per heavy atom. The fourth-order valence-corrected chi connectivity index (χ4v) is 14.1. The fourth-order valence-electron chi connectivity index (χ4n) is 12.7. The average molecular weight is 676 g/mol. The normalized spacial score (nSPS) is 51.8. The van der Waals surface area contributed by atoms with Gasteiger partial charge in [-0.15, -0.1) is 23.2 Å². The SMILES string of the molecule is C[C@]12CCC(=O)C(Cl)=C1CC[C@@H]1[C@@H]2CC[C@]2(C)C(=O)CC[C@@H]12.C[C@]12CC[C@H]3[C@@H](CCC4(Cl)C(Cl)C(=O)CC[C@]34C)[C@@H]1C=CC2=O. The largest absolute Gasteiger partial charge is 0.299 e. The van der Waals surface area contributed by atoms with Crippen molar-refractivity contribution in [3.05, 3.63) is 22.8 Å². The van der Waals surface area contributed by atoms with E-state index in [2.05, 4.69) is 33.8 Å². The zero-order valence-electron chi connectivity index (χ0n) is 27.4. The summed E-state index contributed by atoms with van der Waals surface area (Å²) < 4.78 is 0. The Morgan fingerprint density at radius 1 is 0.689 bits per heavy atom. The maximum Gasteiger partial charge on any atom is 0.174 e. The minimum absolute atomic E-state index is 0.0625. The Kier molecular flexibility index (Phi) is 7.79. The summed E-state index contributed by atoms with van der Waals surface area (Å²) in [5.74, 6) is 4.15. The quantitative estimate of drug-likeness (QED) is 0.240. The first-order chi connectivity index (χ1) is 21.1. The van der Waals surface area contributed by atoms with Crippen molar-refractivity contribution in [3.8, 4) is 0 Å². The highest BCUT2D eigenvalue weighted by Crippen LogP contribution is 2.68. The molecule has 0 aromatic heterocycles. The highest BCUT2D eigenvalue weighted by atomic mass is 35.5. The molecule has 0 amide bonds. The molecule has 2 unspecified atom stereocenters. The fraction of sp³-hybridized carbons (Fsp3) is 0.789. The molecule has 0 saturated heterocycles. The molecule has 0 heterocycles. The zero-order chi connectivity index (χ0) is 32.3. The molecule has 0 aromatic carbocycles. The molecule has 6 saturated carbocycles. The summed E-state index contributed by atoms with van der Waals surface area (Å²) >= 11 is 20.0. The van der Waals surface area contributed by atoms with Gasteiger partial charge in [0.25, 0.3) is 0 Å². The van der Waals surface area contributed by atoms with Crippen LogP contribution >= 0.6 is 34.8 Å². The number of carbonyl (C=O) groups excluding carboxylic acids is 4. The van der Waals surface area contributed by atoms with Crippen LogP contribution in [-0.2, 0) is 19.2 Å². The van der Waals surface area contributed by atoms with E-state index in [9.17, 15) is 19.2 Å². The van der Waals surface area contributed by atoms with Crippen molar-refractivity contribution < 1.29 is 19.2 Å². The number of ketones is 4. The number of Topliss-reactive ketones (excluding diaryl/α,β-unsaturated/α-hetero) is 3. The molecule has 0 radical (unpaired) electrons. The second kappa shape index (κ2) is 10.8. The first kappa shape index (κ1) is 32.6. The smallest absolute Gasteiger partial charge is 0.174 e. The standard InChI is InChI=1S/C19H24Cl2O2.C19H25ClO2/c1-17-8-6-13-11(12(17)3-4-15(17)23)5-10-19(21)16(20)14(22)7-9-18(13,19)2;1-18-10-8-15(21)17(20)14(18)4-3-11-12-5-6-16(22)19(12,2)9-7-13(11)18/h3-4,11-13,16H,5-10H2,1-2H3;11-13H,3-10H2,1-2H3/t11-,12-,13-,16?,17-,18+,19?;11-,12-,13-,18+,19-/m00/s1. The van der Waals surface area contributed by atoms with Crippen molar-refractivity contribution in [1.82, 2.24) is 0 Å². The van der Waals surface area contributed by atoms with Gasteiger partial charge >= 0.3 is 0 Å². The van der Waals surface area contributed by atoms with Gasteiger partial charge in [0.1, 0.15) is 11.2 Å². The molecule has 0 bridgehead atoms. The molecule has 8 aliphatic carbocycles. The molecule has 8 rings (SSSR count). The number of allylic oxidation sites excluding steroid dienone is 3. The number of fused-ring (bicyclic) bond motifs is 10. The highest BCUT2D eigenvalue weighted by molar-refractivity contribution is 6.43. The van der Waals surface area contributed by atoms with Gasteiger partial charge in [0.2, 0.25) is 0 Å². The number of hydrogen-bond donors (Lipinski definition) is 0. The summed E-state index contributed by atoms with van der Waals surface area (Å²) in [6.45, 7) is 8.94. The van der Waals surface area contributed by atoms with Gasteiger partial charge in [-0.1, -0.05) is 45.4 Å². The summed E-state index contributed by atoms with van der Waals surface area (Å²) in [6.07, 6.45) is 16.7. The predicted octanol–water partition coefficient (Wildman–Crippen LogP) is 9.18. The van der Waals surface area contributed by atoms with Crippen LogP contribution in [0.25, 0.3) is 0 Å². The molecular formula is C38H49Cl3O4. The Hall–Kier alpha value is -0.970. The molecule has 0 spiro atoms. The minimum Gasteiger partial charge on any atom is -0.299 e. The minimum atomic E-state index is -0.620. The van der Waals surface area contributed by atoms with Crippen LogP contribution in [0.1, 0.15) is 118 Å². The molecular weight excluding hydrogens is 627 g/mol. The lowest BCUT2D eigenvalue weighted by Crippen LogP contribution is -2.64. The van der Waals surface area contributed by atoms with Crippen LogP contribution in [0, 0.1) is 57.2 Å². The molecule has 0 aliphatic heterocycles. The van der Waals surface area contributed by atoms with Crippen molar-refractivity contribution in [2.75, 3.05) is 0 Å². The highest BCUT2D eigenvalue weighted by Gasteiger charge is 2.66. The first-order valence-corrected chi connectivity index (χ1v) is 18.8. The van der Waals surface area contributed by atoms with E-state index < -0.39 is 10.3 Å². The number of hydrogen-bond acceptors (Lipinski definition) is 4. The lowest BCUT2D eigenvalue weighted by Gasteiger charge is -2.63. The molecule has 6 fully saturated rings. The van der Waals surface area contributed by atoms with Crippen LogP contribution in [0.5, 0.6) is 0 Å². The van der Waals surface area contributed by atoms with E-state index in [1.807, 2.05) is 0 Å². The average Bonchev–Trinajstić information content (AvgIpc) is 3.49. The van der Waals surface area contributed by atoms with Gasteiger partial charge in [-0.25, -0.2) is 0 Å². The van der Waals surface area contributed by atoms with Crippen molar-refractivity contribution in [2.45, 2.75) is 128 Å². The van der Waals surface area contributed by atoms with E-state index in [0.717, 1.165) is 77.0 Å². The van der Waals surface area contributed by atoms with Crippen LogP contribution in [0.15, 0.2) is 22.8 Å². The number of carbonyl (C=O) groups is 4. The number of halogens is 3. The van der Waals surface area contributed by atoms with Crippen LogP contribution in [0.3, 0.4) is 0 Å². The molecule has 246 valence electrons. The van der Waals surface area contributed by atoms with E-state index in [0.29, 0.717) is 64.9 Å². The molecule has 45 heavy (non-hydrogen) atoms. The van der Waals surface area contributed by atoms with Gasteiger partial charge in [-0.2, -0.15) is 0 Å². The maximum atomic E-state index is 12.4. The maximum absolute atomic E-state index is 12.4. The van der Waals surface area contributed by atoms with Crippen molar-refractivity contribution in [3.63, 3.8) is 0 Å². The summed E-state index contributed by atoms with van der Waals surface area (Å²) in [6, 6.07) is 0. The van der Waals surface area contributed by atoms with Gasteiger partial charge < -0.3 is 0 Å². The second-order valence-electron chi connectivity index (χ2n) is 17.1. The van der Waals surface area contributed by atoms with Gasteiger partial charge in [0, 0.05) is 30.1 Å². The van der Waals surface area contributed by atoms with Crippen molar-refractivity contribution in [2.24, 2.45) is 57.2 Å². The summed E-state index contributed by atoms with van der Waals surface area (Å²) in [4.78, 5) is 48.3. The topological polar surface area (TPSA) is 68.3 Å². The lowest BCUT2D eigenvalue weighted by atomic mass is 9.45. The van der Waals surface area contributed by atoms with E-state index in [4.69, 9.17) is 34.8 Å². The van der Waals surface area contributed by atoms with Gasteiger partial charge in [0.05, 0.1) is 9.91 Å². The molecule has 4 nitrogen and oxygen atoms in total. The Morgan fingerprint density at radius 3 is 2.13 bits per heavy atom. The monoisotopic (exact) mass is 674 g/mol. The van der Waals surface area contributed by atoms with E-state index >= 15 is 0 Å². The molecule has 0 aromatic rings. The summed E-state index contributed by atoms with van der Waals surface area (Å²) in [5.41, 5.74) is 0.945. The van der Waals surface area contributed by atoms with Crippen molar-refractivity contribution >= 4 is 57.9 Å². The third-order valence-corrected chi connectivity index (χ3v) is 17.7.